The number of carbonyl (C=O) groups excluding carboxylic acids is 2. The smallest absolute Gasteiger partial charge is 0.343 e. The lowest BCUT2D eigenvalue weighted by molar-refractivity contribution is 0.0598. The molecular formula is C17H15NO4. The van der Waals surface area contributed by atoms with E-state index in [9.17, 15) is 14.4 Å². The number of carbonyl (C=O) groups is 2. The Morgan fingerprint density at radius 1 is 1.18 bits per heavy atom. The van der Waals surface area contributed by atoms with Crippen molar-refractivity contribution in [2.75, 3.05) is 7.11 Å². The highest BCUT2D eigenvalue weighted by Gasteiger charge is 2.28. The molecule has 0 bridgehead atoms. The highest BCUT2D eigenvalue weighted by atomic mass is 16.5. The molecule has 0 saturated carbocycles. The van der Waals surface area contributed by atoms with Crippen molar-refractivity contribution in [1.29, 1.82) is 0 Å². The number of pyridine rings is 1. The standard InChI is InChI=1S/C17H15NO4/c1-22-17(21)13-9-12-14(18-16(13)20)7-11(8-15(12)19)10-5-3-2-4-6-10/h2-6,9,11H,7-8H2,1H3,(H,18,20)/t11-/m0/s1. The van der Waals surface area contributed by atoms with Gasteiger partial charge in [-0.25, -0.2) is 4.79 Å². The summed E-state index contributed by atoms with van der Waals surface area (Å²) in [6.07, 6.45) is 0.936. The third-order valence-electron chi connectivity index (χ3n) is 3.98. The number of H-pyrrole nitrogens is 1. The van der Waals surface area contributed by atoms with Gasteiger partial charge in [0.05, 0.1) is 7.11 Å². The minimum Gasteiger partial charge on any atom is -0.465 e. The van der Waals surface area contributed by atoms with E-state index >= 15 is 0 Å². The molecule has 1 aromatic carbocycles. The van der Waals surface area contributed by atoms with Crippen molar-refractivity contribution in [1.82, 2.24) is 4.98 Å². The number of rotatable bonds is 2. The maximum absolute atomic E-state index is 12.4. The van der Waals surface area contributed by atoms with Gasteiger partial charge < -0.3 is 9.72 Å². The number of nitrogens with one attached hydrogen (secondary N) is 1. The Morgan fingerprint density at radius 3 is 2.59 bits per heavy atom. The average Bonchev–Trinajstić information content (AvgIpc) is 2.54. The lowest BCUT2D eigenvalue weighted by Crippen LogP contribution is -2.27. The summed E-state index contributed by atoms with van der Waals surface area (Å²) in [4.78, 5) is 38.6. The van der Waals surface area contributed by atoms with Crippen LogP contribution in [0.1, 0.15) is 44.3 Å². The second-order valence-electron chi connectivity index (χ2n) is 5.33. The zero-order chi connectivity index (χ0) is 15.7. The van der Waals surface area contributed by atoms with E-state index in [2.05, 4.69) is 9.72 Å². The van der Waals surface area contributed by atoms with Crippen molar-refractivity contribution in [2.45, 2.75) is 18.8 Å². The Bertz CT molecular complexity index is 792. The van der Waals surface area contributed by atoms with Crippen LogP contribution in [0.25, 0.3) is 0 Å². The molecule has 1 aromatic heterocycles. The SMILES string of the molecule is COC(=O)c1cc2c([nH]c1=O)C[C@H](c1ccccc1)CC2=O. The minimum atomic E-state index is -0.734. The average molecular weight is 297 g/mol. The highest BCUT2D eigenvalue weighted by molar-refractivity contribution is 6.01. The van der Waals surface area contributed by atoms with Crippen molar-refractivity contribution in [3.05, 3.63) is 69.1 Å². The summed E-state index contributed by atoms with van der Waals surface area (Å²) in [5.74, 6) is -0.764. The van der Waals surface area contributed by atoms with Gasteiger partial charge in [-0.3, -0.25) is 9.59 Å². The van der Waals surface area contributed by atoms with Gasteiger partial charge in [-0.1, -0.05) is 30.3 Å². The number of fused-ring (bicyclic) bond motifs is 1. The second kappa shape index (κ2) is 5.60. The summed E-state index contributed by atoms with van der Waals surface area (Å²) in [7, 11) is 1.20. The first-order valence-electron chi connectivity index (χ1n) is 7.03. The largest absolute Gasteiger partial charge is 0.465 e. The molecule has 22 heavy (non-hydrogen) atoms. The molecule has 2 aromatic rings. The van der Waals surface area contributed by atoms with E-state index in [0.29, 0.717) is 24.1 Å². The molecule has 0 fully saturated rings. The molecule has 0 spiro atoms. The second-order valence-corrected chi connectivity index (χ2v) is 5.33. The van der Waals surface area contributed by atoms with Crippen LogP contribution in [0.2, 0.25) is 0 Å². The van der Waals surface area contributed by atoms with Gasteiger partial charge in [0.1, 0.15) is 5.56 Å². The van der Waals surface area contributed by atoms with E-state index < -0.39 is 11.5 Å². The zero-order valence-corrected chi connectivity index (χ0v) is 12.1. The Hall–Kier alpha value is -2.69. The molecule has 1 aliphatic carbocycles. The van der Waals surface area contributed by atoms with E-state index in [1.165, 1.54) is 13.2 Å². The predicted molar refractivity (Wildman–Crippen MR) is 80.2 cm³/mol. The number of aromatic nitrogens is 1. The van der Waals surface area contributed by atoms with Crippen molar-refractivity contribution < 1.29 is 14.3 Å². The maximum Gasteiger partial charge on any atom is 0.343 e. The topological polar surface area (TPSA) is 76.2 Å². The lowest BCUT2D eigenvalue weighted by atomic mass is 9.81. The van der Waals surface area contributed by atoms with Gasteiger partial charge in [0.15, 0.2) is 5.78 Å². The molecule has 5 nitrogen and oxygen atoms in total. The third-order valence-corrected chi connectivity index (χ3v) is 3.98. The number of hydrogen-bond donors (Lipinski definition) is 1. The molecule has 0 saturated heterocycles. The maximum atomic E-state index is 12.4. The molecule has 5 heteroatoms. The van der Waals surface area contributed by atoms with E-state index in [4.69, 9.17) is 0 Å². The van der Waals surface area contributed by atoms with Gasteiger partial charge in [-0.05, 0) is 24.0 Å². The zero-order valence-electron chi connectivity index (χ0n) is 12.1. The Labute approximate surface area is 126 Å². The van der Waals surface area contributed by atoms with Crippen molar-refractivity contribution in [3.8, 4) is 0 Å². The quantitative estimate of drug-likeness (QED) is 0.861. The fourth-order valence-electron chi connectivity index (χ4n) is 2.85. The summed E-state index contributed by atoms with van der Waals surface area (Å²) in [5.41, 5.74) is 1.41. The van der Waals surface area contributed by atoms with Crippen LogP contribution >= 0.6 is 0 Å². The van der Waals surface area contributed by atoms with Crippen molar-refractivity contribution >= 4 is 11.8 Å². The Balaban J connectivity index is 2.01. The van der Waals surface area contributed by atoms with Crippen LogP contribution in [0, 0.1) is 0 Å². The normalized spacial score (nSPS) is 17.0. The number of benzene rings is 1. The molecule has 0 amide bonds. The van der Waals surface area contributed by atoms with Crippen LogP contribution in [0.15, 0.2) is 41.2 Å². The summed E-state index contributed by atoms with van der Waals surface area (Å²) in [6.45, 7) is 0. The summed E-state index contributed by atoms with van der Waals surface area (Å²) in [6, 6.07) is 11.1. The first-order chi connectivity index (χ1) is 10.6. The van der Waals surface area contributed by atoms with Crippen molar-refractivity contribution in [3.63, 3.8) is 0 Å². The van der Waals surface area contributed by atoms with Gasteiger partial charge in [-0.15, -0.1) is 0 Å². The number of methoxy groups -OCH3 is 1. The molecule has 0 unspecified atom stereocenters. The molecule has 0 aliphatic heterocycles. The van der Waals surface area contributed by atoms with Crippen LogP contribution in [0.5, 0.6) is 0 Å². The van der Waals surface area contributed by atoms with Gasteiger partial charge in [0, 0.05) is 17.7 Å². The Kier molecular flexibility index (Phi) is 3.63. The van der Waals surface area contributed by atoms with Crippen LogP contribution in [0.4, 0.5) is 0 Å². The molecule has 3 rings (SSSR count). The summed E-state index contributed by atoms with van der Waals surface area (Å²) < 4.78 is 4.56. The third kappa shape index (κ3) is 2.45. The number of esters is 1. The lowest BCUT2D eigenvalue weighted by Gasteiger charge is -2.23. The number of ether oxygens (including phenoxy) is 1. The molecule has 112 valence electrons. The number of Topliss-reactive ketones (excluding diaryl/α,β-unsaturated/α-hetero) is 1. The van der Waals surface area contributed by atoms with Crippen molar-refractivity contribution in [2.24, 2.45) is 0 Å². The van der Waals surface area contributed by atoms with E-state index in [-0.39, 0.29) is 17.3 Å². The van der Waals surface area contributed by atoms with E-state index in [1.54, 1.807) is 0 Å². The molecule has 1 heterocycles. The van der Waals surface area contributed by atoms with E-state index in [1.807, 2.05) is 30.3 Å². The first-order valence-corrected chi connectivity index (χ1v) is 7.03. The van der Waals surface area contributed by atoms with Crippen LogP contribution in [0.3, 0.4) is 0 Å². The van der Waals surface area contributed by atoms with Gasteiger partial charge in [0.2, 0.25) is 0 Å². The van der Waals surface area contributed by atoms with Gasteiger partial charge in [0.25, 0.3) is 5.56 Å². The molecule has 1 atom stereocenters. The van der Waals surface area contributed by atoms with Gasteiger partial charge in [-0.2, -0.15) is 0 Å². The number of hydrogen-bond acceptors (Lipinski definition) is 4. The molecule has 1 aliphatic rings. The number of ketones is 1. The fourth-order valence-corrected chi connectivity index (χ4v) is 2.85. The van der Waals surface area contributed by atoms with Crippen LogP contribution < -0.4 is 5.56 Å². The van der Waals surface area contributed by atoms with Gasteiger partial charge >= 0.3 is 5.97 Å². The summed E-state index contributed by atoms with van der Waals surface area (Å²) in [5, 5.41) is 0. The molecular weight excluding hydrogens is 282 g/mol. The monoisotopic (exact) mass is 297 g/mol. The fraction of sp³-hybridized carbons (Fsp3) is 0.235. The number of aromatic amines is 1. The van der Waals surface area contributed by atoms with E-state index in [0.717, 1.165) is 5.56 Å². The minimum absolute atomic E-state index is 0.0424. The van der Waals surface area contributed by atoms with Crippen LogP contribution in [-0.2, 0) is 11.2 Å². The molecule has 1 N–H and O–H groups in total. The highest BCUT2D eigenvalue weighted by Crippen LogP contribution is 2.31. The summed E-state index contributed by atoms with van der Waals surface area (Å²) >= 11 is 0. The Morgan fingerprint density at radius 2 is 1.91 bits per heavy atom. The first kappa shape index (κ1) is 14.3. The predicted octanol–water partition coefficient (Wildman–Crippen LogP) is 2.07. The van der Waals surface area contributed by atoms with Crippen LogP contribution in [-0.4, -0.2) is 23.8 Å². The molecule has 0 radical (unpaired) electrons.